The second-order valence-corrected chi connectivity index (χ2v) is 6.20. The second kappa shape index (κ2) is 7.81. The summed E-state index contributed by atoms with van der Waals surface area (Å²) in [6, 6.07) is 19.9. The number of nitrogens with zero attached hydrogens (tertiary/aromatic N) is 2. The second-order valence-electron chi connectivity index (χ2n) is 5.35. The fraction of sp³-hybridized carbons (Fsp3) is 0.105. The molecule has 0 aliphatic rings. The summed E-state index contributed by atoms with van der Waals surface area (Å²) >= 11 is 1.55. The summed E-state index contributed by atoms with van der Waals surface area (Å²) in [4.78, 5) is 25.5. The molecule has 1 N–H and O–H groups in total. The smallest absolute Gasteiger partial charge is 0.276 e. The molecule has 0 saturated carbocycles. The highest BCUT2D eigenvalue weighted by atomic mass is 32.2. The van der Waals surface area contributed by atoms with Gasteiger partial charge in [-0.25, -0.2) is 4.68 Å². The quantitative estimate of drug-likeness (QED) is 0.717. The topological polar surface area (TPSA) is 64.0 Å². The van der Waals surface area contributed by atoms with Crippen molar-refractivity contribution in [3.05, 3.63) is 88.3 Å². The average molecular weight is 351 g/mol. The van der Waals surface area contributed by atoms with Gasteiger partial charge in [-0.1, -0.05) is 42.5 Å². The van der Waals surface area contributed by atoms with E-state index in [1.165, 1.54) is 16.8 Å². The normalized spacial score (nSPS) is 10.4. The molecule has 1 aromatic heterocycles. The number of hydrogen-bond acceptors (Lipinski definition) is 4. The van der Waals surface area contributed by atoms with Crippen LogP contribution < -0.4 is 10.9 Å². The number of anilines is 1. The molecule has 0 fully saturated rings. The van der Waals surface area contributed by atoms with E-state index >= 15 is 0 Å². The molecule has 0 atom stereocenters. The molecule has 126 valence electrons. The first-order valence-corrected chi connectivity index (χ1v) is 8.96. The van der Waals surface area contributed by atoms with Gasteiger partial charge < -0.3 is 5.32 Å². The fourth-order valence-corrected chi connectivity index (χ4v) is 2.93. The zero-order valence-corrected chi connectivity index (χ0v) is 14.5. The Bertz CT molecular complexity index is 939. The molecule has 2 aromatic carbocycles. The van der Waals surface area contributed by atoms with E-state index in [9.17, 15) is 9.59 Å². The molecule has 5 nitrogen and oxygen atoms in total. The van der Waals surface area contributed by atoms with E-state index < -0.39 is 0 Å². The van der Waals surface area contributed by atoms with Crippen LogP contribution in [0.5, 0.6) is 0 Å². The number of thioether (sulfide) groups is 1. The van der Waals surface area contributed by atoms with Crippen molar-refractivity contribution in [3.8, 4) is 0 Å². The van der Waals surface area contributed by atoms with Crippen LogP contribution in [0.4, 0.5) is 5.69 Å². The number of aromatic nitrogens is 2. The van der Waals surface area contributed by atoms with Crippen LogP contribution in [0.25, 0.3) is 0 Å². The van der Waals surface area contributed by atoms with Crippen molar-refractivity contribution in [2.75, 3.05) is 11.6 Å². The third-order valence-corrected chi connectivity index (χ3v) is 4.43. The van der Waals surface area contributed by atoms with Gasteiger partial charge in [-0.05, 0) is 30.0 Å². The first kappa shape index (κ1) is 17.0. The largest absolute Gasteiger partial charge is 0.320 e. The molecule has 0 unspecified atom stereocenters. The Balaban J connectivity index is 1.84. The van der Waals surface area contributed by atoms with Crippen LogP contribution in [-0.2, 0) is 6.54 Å². The molecule has 0 aliphatic carbocycles. The van der Waals surface area contributed by atoms with Crippen molar-refractivity contribution in [2.24, 2.45) is 0 Å². The Morgan fingerprint density at radius 1 is 1.04 bits per heavy atom. The van der Waals surface area contributed by atoms with Crippen molar-refractivity contribution in [2.45, 2.75) is 11.4 Å². The van der Waals surface area contributed by atoms with Gasteiger partial charge in [-0.2, -0.15) is 5.10 Å². The number of rotatable bonds is 5. The Labute approximate surface area is 149 Å². The van der Waals surface area contributed by atoms with Crippen LogP contribution in [0.15, 0.2) is 76.4 Å². The van der Waals surface area contributed by atoms with Gasteiger partial charge in [0, 0.05) is 11.0 Å². The number of benzene rings is 2. The van der Waals surface area contributed by atoms with E-state index in [0.29, 0.717) is 6.54 Å². The summed E-state index contributed by atoms with van der Waals surface area (Å²) < 4.78 is 1.30. The van der Waals surface area contributed by atoms with E-state index in [1.54, 1.807) is 11.8 Å². The molecular formula is C19H17N3O2S. The minimum atomic E-state index is -0.344. The Kier molecular flexibility index (Phi) is 5.30. The summed E-state index contributed by atoms with van der Waals surface area (Å²) in [5, 5.41) is 7.06. The van der Waals surface area contributed by atoms with Crippen LogP contribution >= 0.6 is 11.8 Å². The molecular weight excluding hydrogens is 334 g/mol. The lowest BCUT2D eigenvalue weighted by Gasteiger charge is -2.10. The van der Waals surface area contributed by atoms with Gasteiger partial charge >= 0.3 is 0 Å². The van der Waals surface area contributed by atoms with Gasteiger partial charge in [0.2, 0.25) is 0 Å². The third-order valence-electron chi connectivity index (χ3n) is 3.63. The lowest BCUT2D eigenvalue weighted by Crippen LogP contribution is -2.26. The zero-order valence-electron chi connectivity index (χ0n) is 13.7. The number of carbonyl (C=O) groups is 1. The van der Waals surface area contributed by atoms with Crippen molar-refractivity contribution in [3.63, 3.8) is 0 Å². The standard InChI is InChI=1S/C19H17N3O2S/c1-25-17-10-6-5-9-15(17)20-19(24)16-11-12-18(23)22(21-16)13-14-7-3-2-4-8-14/h2-12H,13H2,1H3,(H,20,24). The van der Waals surface area contributed by atoms with Crippen LogP contribution in [-0.4, -0.2) is 21.9 Å². The number of para-hydroxylation sites is 1. The van der Waals surface area contributed by atoms with E-state index in [0.717, 1.165) is 16.1 Å². The van der Waals surface area contributed by atoms with Crippen LogP contribution in [0.2, 0.25) is 0 Å². The van der Waals surface area contributed by atoms with Crippen LogP contribution in [0.1, 0.15) is 16.1 Å². The molecule has 1 heterocycles. The number of amides is 1. The maximum Gasteiger partial charge on any atom is 0.276 e. The van der Waals surface area contributed by atoms with E-state index in [4.69, 9.17) is 0 Å². The van der Waals surface area contributed by atoms with Gasteiger partial charge in [0.15, 0.2) is 0 Å². The van der Waals surface area contributed by atoms with Crippen molar-refractivity contribution in [1.82, 2.24) is 9.78 Å². The Morgan fingerprint density at radius 2 is 1.76 bits per heavy atom. The highest BCUT2D eigenvalue weighted by Gasteiger charge is 2.12. The summed E-state index contributed by atoms with van der Waals surface area (Å²) in [7, 11) is 0. The molecule has 3 rings (SSSR count). The summed E-state index contributed by atoms with van der Waals surface area (Å²) in [5.74, 6) is -0.344. The van der Waals surface area contributed by atoms with Crippen molar-refractivity contribution >= 4 is 23.4 Å². The molecule has 0 radical (unpaired) electrons. The van der Waals surface area contributed by atoms with E-state index in [-0.39, 0.29) is 17.2 Å². The summed E-state index contributed by atoms with van der Waals surface area (Å²) in [6.07, 6.45) is 1.95. The SMILES string of the molecule is CSc1ccccc1NC(=O)c1ccc(=O)n(Cc2ccccc2)n1. The first-order chi connectivity index (χ1) is 12.2. The first-order valence-electron chi connectivity index (χ1n) is 7.74. The van der Waals surface area contributed by atoms with Crippen molar-refractivity contribution < 1.29 is 4.79 Å². The molecule has 0 bridgehead atoms. The van der Waals surface area contributed by atoms with Gasteiger partial charge in [-0.3, -0.25) is 9.59 Å². The minimum absolute atomic E-state index is 0.200. The third kappa shape index (κ3) is 4.16. The predicted molar refractivity (Wildman–Crippen MR) is 100 cm³/mol. The summed E-state index contributed by atoms with van der Waals surface area (Å²) in [5.41, 5.74) is 1.63. The number of carbonyl (C=O) groups excluding carboxylic acids is 1. The molecule has 0 saturated heterocycles. The molecule has 25 heavy (non-hydrogen) atoms. The molecule has 0 spiro atoms. The maximum absolute atomic E-state index is 12.5. The van der Waals surface area contributed by atoms with E-state index in [2.05, 4.69) is 10.4 Å². The number of nitrogens with one attached hydrogen (secondary N) is 1. The van der Waals surface area contributed by atoms with Gasteiger partial charge in [0.25, 0.3) is 11.5 Å². The molecule has 0 aliphatic heterocycles. The molecule has 1 amide bonds. The van der Waals surface area contributed by atoms with E-state index in [1.807, 2.05) is 60.9 Å². The molecule has 6 heteroatoms. The summed E-state index contributed by atoms with van der Waals surface area (Å²) in [6.45, 7) is 0.322. The fourth-order valence-electron chi connectivity index (χ4n) is 2.37. The Morgan fingerprint density at radius 3 is 2.52 bits per heavy atom. The zero-order chi connectivity index (χ0) is 17.6. The maximum atomic E-state index is 12.5. The number of hydrogen-bond donors (Lipinski definition) is 1. The predicted octanol–water partition coefficient (Wildman–Crippen LogP) is 3.27. The lowest BCUT2D eigenvalue weighted by atomic mass is 10.2. The monoisotopic (exact) mass is 351 g/mol. The highest BCUT2D eigenvalue weighted by molar-refractivity contribution is 7.98. The van der Waals surface area contributed by atoms with Crippen LogP contribution in [0.3, 0.4) is 0 Å². The van der Waals surface area contributed by atoms with Gasteiger partial charge in [0.05, 0.1) is 12.2 Å². The molecule has 3 aromatic rings. The van der Waals surface area contributed by atoms with Crippen molar-refractivity contribution in [1.29, 1.82) is 0 Å². The van der Waals surface area contributed by atoms with Crippen LogP contribution in [0, 0.1) is 0 Å². The lowest BCUT2D eigenvalue weighted by molar-refractivity contribution is 0.101. The average Bonchev–Trinajstić information content (AvgIpc) is 2.65. The minimum Gasteiger partial charge on any atom is -0.320 e. The van der Waals surface area contributed by atoms with Gasteiger partial charge in [-0.15, -0.1) is 11.8 Å². The highest BCUT2D eigenvalue weighted by Crippen LogP contribution is 2.24. The van der Waals surface area contributed by atoms with Gasteiger partial charge in [0.1, 0.15) is 5.69 Å². The Hall–Kier alpha value is -2.86.